The van der Waals surface area contributed by atoms with E-state index in [0.29, 0.717) is 25.5 Å². The van der Waals surface area contributed by atoms with Crippen LogP contribution in [0.1, 0.15) is 28.4 Å². The maximum absolute atomic E-state index is 13.6. The Morgan fingerprint density at radius 2 is 1.75 bits per heavy atom. The zero-order valence-electron chi connectivity index (χ0n) is 21.3. The Kier molecular flexibility index (Phi) is 6.63. The van der Waals surface area contributed by atoms with Gasteiger partial charge < -0.3 is 9.67 Å². The molecule has 1 fully saturated rings. The highest BCUT2D eigenvalue weighted by Gasteiger charge is 2.50. The van der Waals surface area contributed by atoms with Crippen molar-refractivity contribution in [3.05, 3.63) is 83.3 Å². The van der Waals surface area contributed by atoms with Crippen LogP contribution in [0.3, 0.4) is 0 Å². The molecule has 1 aromatic heterocycles. The van der Waals surface area contributed by atoms with E-state index < -0.39 is 10.0 Å². The van der Waals surface area contributed by atoms with Gasteiger partial charge in [0.05, 0.1) is 12.8 Å². The van der Waals surface area contributed by atoms with E-state index in [4.69, 9.17) is 0 Å². The molecule has 1 saturated heterocycles. The minimum atomic E-state index is -3.72. The first-order chi connectivity index (χ1) is 17.2. The molecule has 5 rings (SSSR count). The van der Waals surface area contributed by atoms with Crippen LogP contribution in [0.2, 0.25) is 0 Å². The highest BCUT2D eigenvalue weighted by Crippen LogP contribution is 2.42. The Bertz CT molecular complexity index is 1390. The summed E-state index contributed by atoms with van der Waals surface area (Å²) < 4.78 is 30.3. The van der Waals surface area contributed by atoms with Crippen LogP contribution in [0.25, 0.3) is 11.1 Å². The van der Waals surface area contributed by atoms with Gasteiger partial charge in [-0.25, -0.2) is 13.4 Å². The van der Waals surface area contributed by atoms with Crippen LogP contribution in [0, 0.1) is 20.8 Å². The number of nitrogens with zero attached hydrogens (tertiary/aromatic N) is 4. The molecule has 2 aliphatic heterocycles. The van der Waals surface area contributed by atoms with E-state index in [1.807, 2.05) is 12.2 Å². The second-order valence-electron chi connectivity index (χ2n) is 9.91. The summed E-state index contributed by atoms with van der Waals surface area (Å²) in [6.45, 7) is 7.47. The van der Waals surface area contributed by atoms with E-state index in [9.17, 15) is 13.5 Å². The minimum absolute atomic E-state index is 0.0252. The van der Waals surface area contributed by atoms with Crippen LogP contribution in [0.4, 0.5) is 0 Å². The molecule has 1 N–H and O–H groups in total. The van der Waals surface area contributed by atoms with Gasteiger partial charge in [-0.3, -0.25) is 4.90 Å². The summed E-state index contributed by atoms with van der Waals surface area (Å²) in [5, 5.41) is 10.5. The Balaban J connectivity index is 1.45. The van der Waals surface area contributed by atoms with E-state index in [2.05, 4.69) is 66.2 Å². The van der Waals surface area contributed by atoms with Gasteiger partial charge in [-0.05, 0) is 48.6 Å². The second kappa shape index (κ2) is 9.59. The zero-order chi connectivity index (χ0) is 25.6. The number of benzene rings is 2. The SMILES string of the molecule is Cc1cccc(-c2ccc([C@@H]3C(CO)N4C/C=C\CN(S(=O)(=O)c5cnc(C)n5C)CC34)cc2)c1C. The molecule has 8 heteroatoms. The first kappa shape index (κ1) is 24.9. The quantitative estimate of drug-likeness (QED) is 0.537. The third-order valence-corrected chi connectivity index (χ3v) is 9.93. The summed E-state index contributed by atoms with van der Waals surface area (Å²) in [7, 11) is -1.99. The molecule has 2 aromatic carbocycles. The van der Waals surface area contributed by atoms with Crippen molar-refractivity contribution in [2.45, 2.75) is 43.8 Å². The van der Waals surface area contributed by atoms with Crippen molar-refractivity contribution in [2.75, 3.05) is 26.2 Å². The van der Waals surface area contributed by atoms with Crippen molar-refractivity contribution < 1.29 is 13.5 Å². The number of hydrogen-bond donors (Lipinski definition) is 1. The van der Waals surface area contributed by atoms with E-state index >= 15 is 0 Å². The topological polar surface area (TPSA) is 78.7 Å². The van der Waals surface area contributed by atoms with E-state index in [1.165, 1.54) is 22.9 Å². The summed E-state index contributed by atoms with van der Waals surface area (Å²) in [6.07, 6.45) is 5.34. The number of aromatic nitrogens is 2. The molecule has 3 aromatic rings. The fourth-order valence-electron chi connectivity index (χ4n) is 5.64. The van der Waals surface area contributed by atoms with Gasteiger partial charge in [0, 0.05) is 44.7 Å². The molecule has 3 atom stereocenters. The number of sulfonamides is 1. The van der Waals surface area contributed by atoms with Crippen LogP contribution in [0.5, 0.6) is 0 Å². The highest BCUT2D eigenvalue weighted by molar-refractivity contribution is 7.89. The fourth-order valence-corrected chi connectivity index (χ4v) is 7.20. The number of aryl methyl sites for hydroxylation is 2. The molecule has 2 aliphatic rings. The molecule has 2 unspecified atom stereocenters. The average molecular weight is 507 g/mol. The zero-order valence-corrected chi connectivity index (χ0v) is 22.1. The number of hydrogen-bond acceptors (Lipinski definition) is 5. The predicted octanol–water partition coefficient (Wildman–Crippen LogP) is 3.40. The van der Waals surface area contributed by atoms with Gasteiger partial charge in [-0.15, -0.1) is 0 Å². The van der Waals surface area contributed by atoms with Crippen LogP contribution in [-0.4, -0.2) is 70.6 Å². The molecule has 3 heterocycles. The highest BCUT2D eigenvalue weighted by atomic mass is 32.2. The van der Waals surface area contributed by atoms with Crippen molar-refractivity contribution in [2.24, 2.45) is 7.05 Å². The lowest BCUT2D eigenvalue weighted by atomic mass is 9.74. The number of rotatable bonds is 5. The Hall–Kier alpha value is -2.78. The van der Waals surface area contributed by atoms with E-state index in [1.54, 1.807) is 22.8 Å². The Morgan fingerprint density at radius 3 is 2.42 bits per heavy atom. The lowest BCUT2D eigenvalue weighted by molar-refractivity contribution is -0.0415. The van der Waals surface area contributed by atoms with E-state index in [0.717, 1.165) is 11.1 Å². The third-order valence-electron chi connectivity index (χ3n) is 8.04. The fraction of sp³-hybridized carbons (Fsp3) is 0.393. The van der Waals surface area contributed by atoms with Crippen molar-refractivity contribution in [3.8, 4) is 11.1 Å². The van der Waals surface area contributed by atoms with Crippen molar-refractivity contribution in [1.82, 2.24) is 18.8 Å². The van der Waals surface area contributed by atoms with Crippen LogP contribution in [-0.2, 0) is 17.1 Å². The molecular formula is C28H34N4O3S. The molecule has 0 saturated carbocycles. The molecule has 0 amide bonds. The summed E-state index contributed by atoms with van der Waals surface area (Å²) >= 11 is 0. The molecule has 0 bridgehead atoms. The lowest BCUT2D eigenvalue weighted by Crippen LogP contribution is -2.67. The summed E-state index contributed by atoms with van der Waals surface area (Å²) in [6, 6.07) is 14.8. The number of aliphatic hydroxyl groups excluding tert-OH is 1. The first-order valence-electron chi connectivity index (χ1n) is 12.4. The normalized spacial score (nSPS) is 24.0. The molecular weight excluding hydrogens is 472 g/mol. The third kappa shape index (κ3) is 4.12. The van der Waals surface area contributed by atoms with E-state index in [-0.39, 0.29) is 29.6 Å². The maximum atomic E-state index is 13.6. The smallest absolute Gasteiger partial charge is 0.260 e. The van der Waals surface area contributed by atoms with Gasteiger partial charge in [0.1, 0.15) is 5.82 Å². The van der Waals surface area contributed by atoms with Crippen molar-refractivity contribution in [3.63, 3.8) is 0 Å². The van der Waals surface area contributed by atoms with Crippen molar-refractivity contribution in [1.29, 1.82) is 0 Å². The van der Waals surface area contributed by atoms with Crippen LogP contribution in [0.15, 0.2) is 65.8 Å². The summed E-state index contributed by atoms with van der Waals surface area (Å²) in [4.78, 5) is 6.41. The standard InChI is InChI=1S/C28H34N4O3S/c1-19-8-7-9-24(20(19)2)22-10-12-23(13-11-22)28-25-17-31(14-5-6-15-32(25)26(28)18-33)36(34,35)27-16-29-21(3)30(27)4/h5-13,16,25-26,28,33H,14-15,17-18H2,1-4H3/b6-5-/t25?,26?,28-/m0/s1. The molecule has 7 nitrogen and oxygen atoms in total. The predicted molar refractivity (Wildman–Crippen MR) is 141 cm³/mol. The maximum Gasteiger partial charge on any atom is 0.260 e. The Morgan fingerprint density at radius 1 is 1.03 bits per heavy atom. The number of imidazole rings is 1. The second-order valence-corrected chi connectivity index (χ2v) is 11.8. The summed E-state index contributed by atoms with van der Waals surface area (Å²) in [5.74, 6) is 0.698. The van der Waals surface area contributed by atoms with Gasteiger partial charge in [0.15, 0.2) is 5.03 Å². The minimum Gasteiger partial charge on any atom is -0.395 e. The number of aliphatic hydroxyl groups is 1. The first-order valence-corrected chi connectivity index (χ1v) is 13.8. The largest absolute Gasteiger partial charge is 0.395 e. The monoisotopic (exact) mass is 506 g/mol. The lowest BCUT2D eigenvalue weighted by Gasteiger charge is -2.56. The van der Waals surface area contributed by atoms with Gasteiger partial charge in [-0.1, -0.05) is 54.6 Å². The molecule has 0 radical (unpaired) electrons. The van der Waals surface area contributed by atoms with Gasteiger partial charge >= 0.3 is 0 Å². The Labute approximate surface area is 213 Å². The molecule has 0 spiro atoms. The molecule has 0 aliphatic carbocycles. The van der Waals surface area contributed by atoms with Gasteiger partial charge in [-0.2, -0.15) is 4.31 Å². The molecule has 190 valence electrons. The number of fused-ring (bicyclic) bond motifs is 1. The average Bonchev–Trinajstić information content (AvgIpc) is 3.19. The van der Waals surface area contributed by atoms with Crippen molar-refractivity contribution >= 4 is 10.0 Å². The van der Waals surface area contributed by atoms with Gasteiger partial charge in [0.2, 0.25) is 0 Å². The van der Waals surface area contributed by atoms with Crippen LogP contribution < -0.4 is 0 Å². The van der Waals surface area contributed by atoms with Crippen LogP contribution >= 0.6 is 0 Å². The summed E-state index contributed by atoms with van der Waals surface area (Å²) in [5.41, 5.74) is 6.04. The van der Waals surface area contributed by atoms with Gasteiger partial charge in [0.25, 0.3) is 10.0 Å². The molecule has 36 heavy (non-hydrogen) atoms.